The Labute approximate surface area is 166 Å². The number of para-hydroxylation sites is 1. The van der Waals surface area contributed by atoms with Crippen LogP contribution in [0.3, 0.4) is 0 Å². The summed E-state index contributed by atoms with van der Waals surface area (Å²) < 4.78 is 18.2. The molecule has 29 heavy (non-hydrogen) atoms. The van der Waals surface area contributed by atoms with Crippen LogP contribution in [0.5, 0.6) is 5.75 Å². The molecule has 0 spiro atoms. The van der Waals surface area contributed by atoms with Gasteiger partial charge in [0.25, 0.3) is 5.91 Å². The Kier molecular flexibility index (Phi) is 6.51. The fraction of sp³-hybridized carbons (Fsp3) is 0.200. The van der Waals surface area contributed by atoms with Crippen molar-refractivity contribution in [1.82, 2.24) is 20.5 Å². The number of hydrogen-bond donors (Lipinski definition) is 3. The molecule has 0 atom stereocenters. The first kappa shape index (κ1) is 20.0. The predicted molar refractivity (Wildman–Crippen MR) is 105 cm³/mol. The number of amides is 2. The molecule has 2 amide bonds. The quantitative estimate of drug-likeness (QED) is 0.507. The number of halogens is 1. The summed E-state index contributed by atoms with van der Waals surface area (Å²) in [5.41, 5.74) is 1.09. The van der Waals surface area contributed by atoms with Crippen LogP contribution in [-0.4, -0.2) is 40.7 Å². The average molecular weight is 397 g/mol. The van der Waals surface area contributed by atoms with Crippen LogP contribution < -0.4 is 15.4 Å². The Hall–Kier alpha value is -3.75. The van der Waals surface area contributed by atoms with Gasteiger partial charge in [-0.2, -0.15) is 4.98 Å². The molecular weight excluding hydrogens is 377 g/mol. The van der Waals surface area contributed by atoms with Crippen LogP contribution in [-0.2, 0) is 4.79 Å². The van der Waals surface area contributed by atoms with Crippen LogP contribution in [0, 0.1) is 5.82 Å². The van der Waals surface area contributed by atoms with Gasteiger partial charge in [-0.3, -0.25) is 20.0 Å². The predicted octanol–water partition coefficient (Wildman–Crippen LogP) is 2.77. The molecule has 0 saturated carbocycles. The van der Waals surface area contributed by atoms with Crippen LogP contribution in [0.15, 0.2) is 48.5 Å². The zero-order chi connectivity index (χ0) is 20.6. The van der Waals surface area contributed by atoms with Crippen molar-refractivity contribution in [3.63, 3.8) is 0 Å². The SMILES string of the molecule is COc1ccccc1-c1nc(NC(=O)CCCNC(=O)c2ccc(F)cc2)n[nH]1. The summed E-state index contributed by atoms with van der Waals surface area (Å²) in [6.07, 6.45) is 0.616. The summed E-state index contributed by atoms with van der Waals surface area (Å²) in [4.78, 5) is 28.2. The number of aromatic amines is 1. The molecular formula is C20H20FN5O3. The van der Waals surface area contributed by atoms with E-state index in [1.54, 1.807) is 13.2 Å². The summed E-state index contributed by atoms with van der Waals surface area (Å²) in [6.45, 7) is 0.310. The number of hydrogen-bond acceptors (Lipinski definition) is 5. The zero-order valence-electron chi connectivity index (χ0n) is 15.7. The van der Waals surface area contributed by atoms with Crippen molar-refractivity contribution in [1.29, 1.82) is 0 Å². The first-order valence-electron chi connectivity index (χ1n) is 8.96. The second-order valence-electron chi connectivity index (χ2n) is 6.12. The monoisotopic (exact) mass is 397 g/mol. The van der Waals surface area contributed by atoms with Gasteiger partial charge >= 0.3 is 0 Å². The molecule has 0 saturated heterocycles. The largest absolute Gasteiger partial charge is 0.496 e. The number of carbonyl (C=O) groups is 2. The molecule has 0 unspecified atom stereocenters. The second-order valence-corrected chi connectivity index (χ2v) is 6.12. The topological polar surface area (TPSA) is 109 Å². The van der Waals surface area contributed by atoms with Gasteiger partial charge in [-0.1, -0.05) is 12.1 Å². The Balaban J connectivity index is 1.45. The standard InChI is InChI=1S/C20H20FN5O3/c1-29-16-6-3-2-5-15(16)18-24-20(26-25-18)23-17(27)7-4-12-22-19(28)13-8-10-14(21)11-9-13/h2-3,5-6,8-11H,4,7,12H2,1H3,(H,22,28)(H2,23,24,25,26,27). The first-order valence-corrected chi connectivity index (χ1v) is 8.96. The minimum atomic E-state index is -0.404. The van der Waals surface area contributed by atoms with E-state index >= 15 is 0 Å². The maximum absolute atomic E-state index is 12.9. The third-order valence-corrected chi connectivity index (χ3v) is 4.07. The van der Waals surface area contributed by atoms with Gasteiger partial charge < -0.3 is 10.1 Å². The average Bonchev–Trinajstić information content (AvgIpc) is 3.19. The van der Waals surface area contributed by atoms with E-state index in [4.69, 9.17) is 4.74 Å². The number of nitrogens with zero attached hydrogens (tertiary/aromatic N) is 2. The summed E-state index contributed by atoms with van der Waals surface area (Å²) >= 11 is 0. The molecule has 0 aliphatic carbocycles. The van der Waals surface area contributed by atoms with Crippen molar-refractivity contribution in [3.05, 3.63) is 59.9 Å². The summed E-state index contributed by atoms with van der Waals surface area (Å²) in [5, 5.41) is 12.0. The molecule has 9 heteroatoms. The minimum Gasteiger partial charge on any atom is -0.496 e. The fourth-order valence-corrected chi connectivity index (χ4v) is 2.62. The lowest BCUT2D eigenvalue weighted by molar-refractivity contribution is -0.116. The summed E-state index contributed by atoms with van der Waals surface area (Å²) in [7, 11) is 1.56. The van der Waals surface area contributed by atoms with Crippen molar-refractivity contribution >= 4 is 17.8 Å². The maximum Gasteiger partial charge on any atom is 0.251 e. The normalized spacial score (nSPS) is 10.4. The maximum atomic E-state index is 12.9. The highest BCUT2D eigenvalue weighted by Gasteiger charge is 2.12. The van der Waals surface area contributed by atoms with Gasteiger partial charge in [0.15, 0.2) is 5.82 Å². The van der Waals surface area contributed by atoms with Crippen LogP contribution in [0.4, 0.5) is 10.3 Å². The van der Waals surface area contributed by atoms with Gasteiger partial charge in [0, 0.05) is 18.5 Å². The van der Waals surface area contributed by atoms with Crippen LogP contribution in [0.1, 0.15) is 23.2 Å². The molecule has 0 aliphatic rings. The summed E-state index contributed by atoms with van der Waals surface area (Å²) in [5.74, 6) is 0.278. The summed E-state index contributed by atoms with van der Waals surface area (Å²) in [6, 6.07) is 12.6. The first-order chi connectivity index (χ1) is 14.1. The lowest BCUT2D eigenvalue weighted by Gasteiger charge is -2.05. The highest BCUT2D eigenvalue weighted by atomic mass is 19.1. The lowest BCUT2D eigenvalue weighted by atomic mass is 10.2. The smallest absolute Gasteiger partial charge is 0.251 e. The third-order valence-electron chi connectivity index (χ3n) is 4.07. The zero-order valence-corrected chi connectivity index (χ0v) is 15.7. The number of H-pyrrole nitrogens is 1. The lowest BCUT2D eigenvalue weighted by Crippen LogP contribution is -2.25. The number of benzene rings is 2. The molecule has 1 heterocycles. The Morgan fingerprint density at radius 1 is 1.14 bits per heavy atom. The van der Waals surface area contributed by atoms with E-state index in [-0.39, 0.29) is 24.2 Å². The van der Waals surface area contributed by atoms with Crippen LogP contribution in [0.2, 0.25) is 0 Å². The van der Waals surface area contributed by atoms with E-state index in [9.17, 15) is 14.0 Å². The van der Waals surface area contributed by atoms with Crippen molar-refractivity contribution in [2.45, 2.75) is 12.8 Å². The molecule has 0 aliphatic heterocycles. The van der Waals surface area contributed by atoms with Gasteiger partial charge in [0.1, 0.15) is 11.6 Å². The van der Waals surface area contributed by atoms with E-state index in [0.717, 1.165) is 5.56 Å². The molecule has 0 bridgehead atoms. The Bertz CT molecular complexity index is 988. The Morgan fingerprint density at radius 3 is 2.66 bits per heavy atom. The fourth-order valence-electron chi connectivity index (χ4n) is 2.62. The minimum absolute atomic E-state index is 0.159. The van der Waals surface area contributed by atoms with Gasteiger partial charge in [-0.25, -0.2) is 4.39 Å². The van der Waals surface area contributed by atoms with E-state index in [2.05, 4.69) is 25.8 Å². The number of nitrogens with one attached hydrogen (secondary N) is 3. The molecule has 8 nitrogen and oxygen atoms in total. The molecule has 3 aromatic rings. The van der Waals surface area contributed by atoms with Gasteiger partial charge in [0.05, 0.1) is 12.7 Å². The molecule has 3 rings (SSSR count). The van der Waals surface area contributed by atoms with Gasteiger partial charge in [0.2, 0.25) is 11.9 Å². The van der Waals surface area contributed by atoms with Crippen molar-refractivity contribution < 1.29 is 18.7 Å². The molecule has 2 aromatic carbocycles. The molecule has 1 aromatic heterocycles. The molecule has 3 N–H and O–H groups in total. The third kappa shape index (κ3) is 5.38. The number of aromatic nitrogens is 3. The Morgan fingerprint density at radius 2 is 1.90 bits per heavy atom. The number of rotatable bonds is 8. The van der Waals surface area contributed by atoms with Crippen molar-refractivity contribution in [2.75, 3.05) is 19.0 Å². The van der Waals surface area contributed by atoms with Crippen molar-refractivity contribution in [3.8, 4) is 17.1 Å². The number of methoxy groups -OCH3 is 1. The van der Waals surface area contributed by atoms with Gasteiger partial charge in [-0.15, -0.1) is 5.10 Å². The van der Waals surface area contributed by atoms with Crippen molar-refractivity contribution in [2.24, 2.45) is 0 Å². The molecule has 0 radical (unpaired) electrons. The number of ether oxygens (including phenoxy) is 1. The molecule has 0 fully saturated rings. The van der Waals surface area contributed by atoms with E-state index in [1.807, 2.05) is 18.2 Å². The highest BCUT2D eigenvalue weighted by molar-refractivity contribution is 5.94. The number of anilines is 1. The van der Waals surface area contributed by atoms with Gasteiger partial charge in [-0.05, 0) is 42.8 Å². The van der Waals surface area contributed by atoms with E-state index < -0.39 is 5.82 Å². The van der Waals surface area contributed by atoms with Crippen LogP contribution >= 0.6 is 0 Å². The molecule has 150 valence electrons. The van der Waals surface area contributed by atoms with E-state index in [0.29, 0.717) is 30.1 Å². The van der Waals surface area contributed by atoms with E-state index in [1.165, 1.54) is 24.3 Å². The number of carbonyl (C=O) groups excluding carboxylic acids is 2. The second kappa shape index (κ2) is 9.45. The highest BCUT2D eigenvalue weighted by Crippen LogP contribution is 2.27. The van der Waals surface area contributed by atoms with Crippen LogP contribution in [0.25, 0.3) is 11.4 Å².